The minimum Gasteiger partial charge on any atom is -0.497 e. The van der Waals surface area contributed by atoms with Crippen molar-refractivity contribution in [1.29, 1.82) is 0 Å². The van der Waals surface area contributed by atoms with Gasteiger partial charge in [-0.2, -0.15) is 0 Å². The van der Waals surface area contributed by atoms with Gasteiger partial charge in [-0.05, 0) is 38.1 Å². The van der Waals surface area contributed by atoms with E-state index < -0.39 is 11.7 Å². The Morgan fingerprint density at radius 2 is 1.83 bits per heavy atom. The van der Waals surface area contributed by atoms with Crippen molar-refractivity contribution < 1.29 is 14.6 Å². The van der Waals surface area contributed by atoms with Crippen LogP contribution in [-0.2, 0) is 4.74 Å². The van der Waals surface area contributed by atoms with E-state index in [2.05, 4.69) is 27.9 Å². The summed E-state index contributed by atoms with van der Waals surface area (Å²) in [6.07, 6.45) is 4.86. The van der Waals surface area contributed by atoms with Gasteiger partial charge in [0.1, 0.15) is 11.4 Å². The van der Waals surface area contributed by atoms with Gasteiger partial charge in [-0.3, -0.25) is 4.90 Å². The molecule has 1 saturated heterocycles. The summed E-state index contributed by atoms with van der Waals surface area (Å²) in [7, 11) is 1.67. The van der Waals surface area contributed by atoms with Crippen LogP contribution in [0.1, 0.15) is 13.8 Å². The van der Waals surface area contributed by atoms with Gasteiger partial charge in [0.2, 0.25) is 0 Å². The molecule has 24 heavy (non-hydrogen) atoms. The average Bonchev–Trinajstić information content (AvgIpc) is 2.61. The molecule has 0 aliphatic carbocycles. The minimum absolute atomic E-state index is 0.260. The molecule has 1 aromatic carbocycles. The Balaban J connectivity index is 1.75. The summed E-state index contributed by atoms with van der Waals surface area (Å²) < 4.78 is 10.8. The maximum absolute atomic E-state index is 10.1. The Morgan fingerprint density at radius 3 is 2.38 bits per heavy atom. The number of methoxy groups -OCH3 is 1. The SMILES string of the molecule is C#CC(C)(C)OC[C@@H](O)CN1CCN(c2ccc(OC)cc2)CC1. The molecule has 0 amide bonds. The van der Waals surface area contributed by atoms with Crippen LogP contribution in [0.3, 0.4) is 0 Å². The predicted octanol–water partition coefficient (Wildman–Crippen LogP) is 1.61. The summed E-state index contributed by atoms with van der Waals surface area (Å²) in [5.74, 6) is 3.44. The molecule has 132 valence electrons. The second kappa shape index (κ2) is 8.39. The number of piperazine rings is 1. The summed E-state index contributed by atoms with van der Waals surface area (Å²) in [5.41, 5.74) is 0.573. The zero-order valence-electron chi connectivity index (χ0n) is 14.9. The van der Waals surface area contributed by atoms with Gasteiger partial charge in [0.15, 0.2) is 0 Å². The Hall–Kier alpha value is -1.74. The molecule has 5 nitrogen and oxygen atoms in total. The van der Waals surface area contributed by atoms with Crippen molar-refractivity contribution in [3.8, 4) is 18.1 Å². The van der Waals surface area contributed by atoms with Crippen LogP contribution in [0, 0.1) is 12.3 Å². The van der Waals surface area contributed by atoms with Crippen LogP contribution in [0.15, 0.2) is 24.3 Å². The third-order valence-corrected chi connectivity index (χ3v) is 4.26. The molecule has 1 aromatic rings. The fraction of sp³-hybridized carbons (Fsp3) is 0.579. The summed E-state index contributed by atoms with van der Waals surface area (Å²) in [6, 6.07) is 8.13. The molecule has 1 atom stereocenters. The number of aliphatic hydroxyl groups excluding tert-OH is 1. The smallest absolute Gasteiger partial charge is 0.122 e. The van der Waals surface area contributed by atoms with Gasteiger partial charge in [-0.25, -0.2) is 0 Å². The number of hydrogen-bond acceptors (Lipinski definition) is 5. The van der Waals surface area contributed by atoms with E-state index in [1.165, 1.54) is 5.69 Å². The highest BCUT2D eigenvalue weighted by Gasteiger charge is 2.21. The highest BCUT2D eigenvalue weighted by molar-refractivity contribution is 5.49. The van der Waals surface area contributed by atoms with Crippen molar-refractivity contribution in [2.75, 3.05) is 51.3 Å². The largest absolute Gasteiger partial charge is 0.497 e. The third-order valence-electron chi connectivity index (χ3n) is 4.26. The Morgan fingerprint density at radius 1 is 1.21 bits per heavy atom. The van der Waals surface area contributed by atoms with Crippen molar-refractivity contribution in [1.82, 2.24) is 4.90 Å². The zero-order chi connectivity index (χ0) is 17.6. The number of nitrogens with zero attached hydrogens (tertiary/aromatic N) is 2. The molecular weight excluding hydrogens is 304 g/mol. The molecule has 0 saturated carbocycles. The van der Waals surface area contributed by atoms with Gasteiger partial charge in [-0.1, -0.05) is 5.92 Å². The lowest BCUT2D eigenvalue weighted by molar-refractivity contribution is -0.0376. The zero-order valence-corrected chi connectivity index (χ0v) is 14.9. The van der Waals surface area contributed by atoms with E-state index in [1.807, 2.05) is 26.0 Å². The van der Waals surface area contributed by atoms with Gasteiger partial charge in [0.25, 0.3) is 0 Å². The molecule has 0 spiro atoms. The van der Waals surface area contributed by atoms with E-state index in [-0.39, 0.29) is 6.61 Å². The number of terminal acetylenes is 1. The number of rotatable bonds is 7. The predicted molar refractivity (Wildman–Crippen MR) is 96.5 cm³/mol. The quantitative estimate of drug-likeness (QED) is 0.769. The third kappa shape index (κ3) is 5.41. The molecule has 0 aromatic heterocycles. The van der Waals surface area contributed by atoms with Gasteiger partial charge in [0, 0.05) is 38.4 Å². The maximum Gasteiger partial charge on any atom is 0.122 e. The first-order valence-corrected chi connectivity index (χ1v) is 8.34. The second-order valence-corrected chi connectivity index (χ2v) is 6.61. The van der Waals surface area contributed by atoms with Gasteiger partial charge < -0.3 is 19.5 Å². The van der Waals surface area contributed by atoms with Gasteiger partial charge in [-0.15, -0.1) is 6.42 Å². The summed E-state index contributed by atoms with van der Waals surface area (Å²) in [5, 5.41) is 10.1. The maximum atomic E-state index is 10.1. The van der Waals surface area contributed by atoms with Gasteiger partial charge in [0.05, 0.1) is 19.8 Å². The Bertz CT molecular complexity index is 543. The molecule has 2 rings (SSSR count). The standard InChI is InChI=1S/C19H28N2O3/c1-5-19(2,3)24-15-17(22)14-20-10-12-21(13-11-20)16-6-8-18(23-4)9-7-16/h1,6-9,17,22H,10-15H2,2-4H3/t17-/m0/s1. The Labute approximate surface area is 145 Å². The number of hydrogen-bond donors (Lipinski definition) is 1. The highest BCUT2D eigenvalue weighted by Crippen LogP contribution is 2.20. The van der Waals surface area contributed by atoms with E-state index in [1.54, 1.807) is 7.11 Å². The normalized spacial score (nSPS) is 17.4. The molecule has 1 fully saturated rings. The molecular formula is C19H28N2O3. The summed E-state index contributed by atoms with van der Waals surface area (Å²) in [6.45, 7) is 8.24. The highest BCUT2D eigenvalue weighted by atomic mass is 16.5. The first-order chi connectivity index (χ1) is 11.4. The van der Waals surface area contributed by atoms with E-state index >= 15 is 0 Å². The minimum atomic E-state index is -0.631. The lowest BCUT2D eigenvalue weighted by Gasteiger charge is -2.37. The summed E-state index contributed by atoms with van der Waals surface area (Å²) >= 11 is 0. The van der Waals surface area contributed by atoms with Crippen LogP contribution < -0.4 is 9.64 Å². The van der Waals surface area contributed by atoms with Gasteiger partial charge >= 0.3 is 0 Å². The molecule has 1 heterocycles. The van der Waals surface area contributed by atoms with Crippen LogP contribution in [0.25, 0.3) is 0 Å². The fourth-order valence-electron chi connectivity index (χ4n) is 2.68. The molecule has 1 N–H and O–H groups in total. The van der Waals surface area contributed by atoms with E-state index in [9.17, 15) is 5.11 Å². The van der Waals surface area contributed by atoms with Crippen molar-refractivity contribution in [3.05, 3.63) is 24.3 Å². The topological polar surface area (TPSA) is 45.2 Å². The van der Waals surface area contributed by atoms with Crippen LogP contribution >= 0.6 is 0 Å². The first-order valence-electron chi connectivity index (χ1n) is 8.34. The molecule has 0 bridgehead atoms. The number of benzene rings is 1. The van der Waals surface area contributed by atoms with Crippen LogP contribution in [-0.4, -0.2) is 68.2 Å². The van der Waals surface area contributed by atoms with E-state index in [0.29, 0.717) is 6.54 Å². The van der Waals surface area contributed by atoms with Crippen LogP contribution in [0.2, 0.25) is 0 Å². The van der Waals surface area contributed by atoms with Crippen molar-refractivity contribution in [3.63, 3.8) is 0 Å². The number of aliphatic hydroxyl groups is 1. The first kappa shape index (κ1) is 18.6. The van der Waals surface area contributed by atoms with Crippen LogP contribution in [0.5, 0.6) is 5.75 Å². The number of anilines is 1. The number of ether oxygens (including phenoxy) is 2. The second-order valence-electron chi connectivity index (χ2n) is 6.61. The fourth-order valence-corrected chi connectivity index (χ4v) is 2.68. The van der Waals surface area contributed by atoms with E-state index in [0.717, 1.165) is 31.9 Å². The average molecular weight is 332 g/mol. The summed E-state index contributed by atoms with van der Waals surface area (Å²) in [4.78, 5) is 4.61. The lowest BCUT2D eigenvalue weighted by Crippen LogP contribution is -2.49. The molecule has 1 aliphatic rings. The van der Waals surface area contributed by atoms with E-state index in [4.69, 9.17) is 15.9 Å². The monoisotopic (exact) mass is 332 g/mol. The molecule has 5 heteroatoms. The molecule has 0 radical (unpaired) electrons. The lowest BCUT2D eigenvalue weighted by atomic mass is 10.1. The van der Waals surface area contributed by atoms with Crippen molar-refractivity contribution in [2.45, 2.75) is 25.6 Å². The molecule has 1 aliphatic heterocycles. The molecule has 0 unspecified atom stereocenters. The van der Waals surface area contributed by atoms with Crippen LogP contribution in [0.4, 0.5) is 5.69 Å². The Kier molecular flexibility index (Phi) is 6.50. The van der Waals surface area contributed by atoms with Crippen molar-refractivity contribution >= 4 is 5.69 Å². The van der Waals surface area contributed by atoms with Crippen molar-refractivity contribution in [2.24, 2.45) is 0 Å². The number of β-amino-alcohol motifs (C(OH)–C–C–N with tert-alkyl or cyclic N) is 1.